The number of carbonyl (C=O) groups excluding carboxylic acids is 1. The Labute approximate surface area is 136 Å². The number of rotatable bonds is 4. The Hall–Kier alpha value is -2.34. The van der Waals surface area contributed by atoms with Crippen molar-refractivity contribution < 1.29 is 17.9 Å². The molecule has 2 aromatic carbocycles. The highest BCUT2D eigenvalue weighted by atomic mass is 32.2. The molecule has 0 aliphatic rings. The molecule has 1 N–H and O–H groups in total. The topological polar surface area (TPSA) is 72.5 Å². The van der Waals surface area contributed by atoms with E-state index >= 15 is 0 Å². The number of anilines is 1. The number of nitrogens with one attached hydrogen (secondary N) is 1. The number of esters is 1. The lowest BCUT2D eigenvalue weighted by molar-refractivity contribution is 0.0599. The largest absolute Gasteiger partial charge is 0.465 e. The molecular weight excluding hydrogens is 314 g/mol. The smallest absolute Gasteiger partial charge is 0.338 e. The van der Waals surface area contributed by atoms with E-state index < -0.39 is 16.0 Å². The molecule has 0 aliphatic heterocycles. The third-order valence-electron chi connectivity index (χ3n) is 3.40. The number of ether oxygens (including phenoxy) is 1. The number of carbonyl (C=O) groups is 1. The molecule has 5 nitrogen and oxygen atoms in total. The maximum absolute atomic E-state index is 12.5. The SMILES string of the molecule is COC(=O)c1cc(S(=O)(=O)Nc2cc(C)cc(C)c2)ccc1C. The van der Waals surface area contributed by atoms with Crippen LogP contribution in [0.4, 0.5) is 5.69 Å². The fourth-order valence-corrected chi connectivity index (χ4v) is 3.41. The van der Waals surface area contributed by atoms with Crippen LogP contribution in [-0.4, -0.2) is 21.5 Å². The molecule has 0 saturated carbocycles. The molecule has 122 valence electrons. The van der Waals surface area contributed by atoms with Crippen molar-refractivity contribution in [2.24, 2.45) is 0 Å². The van der Waals surface area contributed by atoms with Crippen LogP contribution in [0.15, 0.2) is 41.3 Å². The molecule has 0 aliphatic carbocycles. The summed E-state index contributed by atoms with van der Waals surface area (Å²) in [6.07, 6.45) is 0. The Morgan fingerprint density at radius 1 is 1.00 bits per heavy atom. The molecule has 0 aromatic heterocycles. The number of sulfonamides is 1. The second-order valence-corrected chi connectivity index (χ2v) is 7.13. The van der Waals surface area contributed by atoms with Crippen LogP contribution < -0.4 is 4.72 Å². The predicted octanol–water partition coefficient (Wildman–Crippen LogP) is 3.20. The number of aryl methyl sites for hydroxylation is 3. The van der Waals surface area contributed by atoms with Crippen molar-refractivity contribution in [3.63, 3.8) is 0 Å². The van der Waals surface area contributed by atoms with Gasteiger partial charge in [0.2, 0.25) is 0 Å². The molecule has 0 radical (unpaired) electrons. The van der Waals surface area contributed by atoms with E-state index in [9.17, 15) is 13.2 Å². The zero-order chi connectivity index (χ0) is 17.2. The van der Waals surface area contributed by atoms with Gasteiger partial charge in [0.05, 0.1) is 17.6 Å². The molecule has 0 unspecified atom stereocenters. The van der Waals surface area contributed by atoms with Gasteiger partial charge < -0.3 is 4.74 Å². The number of hydrogen-bond donors (Lipinski definition) is 1. The molecule has 0 amide bonds. The average molecular weight is 333 g/mol. The van der Waals surface area contributed by atoms with Crippen LogP contribution in [0.1, 0.15) is 27.0 Å². The van der Waals surface area contributed by atoms with Gasteiger partial charge in [-0.1, -0.05) is 12.1 Å². The highest BCUT2D eigenvalue weighted by Gasteiger charge is 2.18. The monoisotopic (exact) mass is 333 g/mol. The Morgan fingerprint density at radius 2 is 1.61 bits per heavy atom. The first kappa shape index (κ1) is 17.0. The van der Waals surface area contributed by atoms with Gasteiger partial charge in [-0.05, 0) is 61.7 Å². The second kappa shape index (κ2) is 6.42. The quantitative estimate of drug-likeness (QED) is 0.872. The van der Waals surface area contributed by atoms with Crippen molar-refractivity contribution >= 4 is 21.7 Å². The Balaban J connectivity index is 2.41. The van der Waals surface area contributed by atoms with Crippen molar-refractivity contribution in [1.29, 1.82) is 0 Å². The van der Waals surface area contributed by atoms with Crippen molar-refractivity contribution in [3.05, 3.63) is 58.7 Å². The molecule has 0 spiro atoms. The summed E-state index contributed by atoms with van der Waals surface area (Å²) < 4.78 is 32.3. The lowest BCUT2D eigenvalue weighted by atomic mass is 10.1. The van der Waals surface area contributed by atoms with Gasteiger partial charge in [0, 0.05) is 5.69 Å². The van der Waals surface area contributed by atoms with Crippen LogP contribution >= 0.6 is 0 Å². The molecule has 23 heavy (non-hydrogen) atoms. The first-order chi connectivity index (χ1) is 10.7. The highest BCUT2D eigenvalue weighted by Crippen LogP contribution is 2.21. The van der Waals surface area contributed by atoms with E-state index in [4.69, 9.17) is 0 Å². The molecule has 0 fully saturated rings. The highest BCUT2D eigenvalue weighted by molar-refractivity contribution is 7.92. The fourth-order valence-electron chi connectivity index (χ4n) is 2.35. The van der Waals surface area contributed by atoms with Crippen molar-refractivity contribution in [3.8, 4) is 0 Å². The van der Waals surface area contributed by atoms with Crippen LogP contribution in [0.2, 0.25) is 0 Å². The van der Waals surface area contributed by atoms with Crippen LogP contribution in [0.5, 0.6) is 0 Å². The van der Waals surface area contributed by atoms with Crippen LogP contribution in [0.25, 0.3) is 0 Å². The van der Waals surface area contributed by atoms with Gasteiger partial charge in [-0.3, -0.25) is 4.72 Å². The van der Waals surface area contributed by atoms with Crippen molar-refractivity contribution in [1.82, 2.24) is 0 Å². The third kappa shape index (κ3) is 3.90. The van der Waals surface area contributed by atoms with Crippen LogP contribution in [0, 0.1) is 20.8 Å². The van der Waals surface area contributed by atoms with E-state index in [1.54, 1.807) is 25.1 Å². The number of hydrogen-bond acceptors (Lipinski definition) is 4. The maximum atomic E-state index is 12.5. The molecular formula is C17H19NO4S. The summed E-state index contributed by atoms with van der Waals surface area (Å²) in [5, 5.41) is 0. The van der Waals surface area contributed by atoms with Gasteiger partial charge in [0.25, 0.3) is 10.0 Å². The minimum absolute atomic E-state index is 0.0164. The molecule has 0 saturated heterocycles. The zero-order valence-corrected chi connectivity index (χ0v) is 14.3. The summed E-state index contributed by atoms with van der Waals surface area (Å²) in [6, 6.07) is 9.83. The summed E-state index contributed by atoms with van der Waals surface area (Å²) in [5.41, 5.74) is 3.30. The minimum atomic E-state index is -3.79. The summed E-state index contributed by atoms with van der Waals surface area (Å²) >= 11 is 0. The van der Waals surface area contributed by atoms with Gasteiger partial charge in [-0.2, -0.15) is 0 Å². The van der Waals surface area contributed by atoms with E-state index in [1.807, 2.05) is 19.9 Å². The fraction of sp³-hybridized carbons (Fsp3) is 0.235. The first-order valence-corrected chi connectivity index (χ1v) is 8.51. The molecule has 0 heterocycles. The Bertz CT molecular complexity index is 837. The lowest BCUT2D eigenvalue weighted by Crippen LogP contribution is -2.15. The Morgan fingerprint density at radius 3 is 2.17 bits per heavy atom. The second-order valence-electron chi connectivity index (χ2n) is 5.45. The molecule has 2 aromatic rings. The molecule has 0 atom stereocenters. The Kier molecular flexibility index (Phi) is 4.75. The van der Waals surface area contributed by atoms with Crippen molar-refractivity contribution in [2.75, 3.05) is 11.8 Å². The molecule has 2 rings (SSSR count). The normalized spacial score (nSPS) is 11.1. The van der Waals surface area contributed by atoms with Crippen LogP contribution in [0.3, 0.4) is 0 Å². The molecule has 6 heteroatoms. The van der Waals surface area contributed by atoms with Gasteiger partial charge in [0.15, 0.2) is 0 Å². The zero-order valence-electron chi connectivity index (χ0n) is 13.5. The summed E-state index contributed by atoms with van der Waals surface area (Å²) in [5.74, 6) is -0.564. The van der Waals surface area contributed by atoms with E-state index in [2.05, 4.69) is 9.46 Å². The molecule has 0 bridgehead atoms. The van der Waals surface area contributed by atoms with E-state index in [-0.39, 0.29) is 10.5 Å². The van der Waals surface area contributed by atoms with E-state index in [1.165, 1.54) is 19.2 Å². The third-order valence-corrected chi connectivity index (χ3v) is 4.78. The standard InChI is InChI=1S/C17H19NO4S/c1-11-7-12(2)9-14(8-11)18-23(20,21)15-6-5-13(3)16(10-15)17(19)22-4/h5-10,18H,1-4H3. The van der Waals surface area contributed by atoms with Crippen LogP contribution in [-0.2, 0) is 14.8 Å². The average Bonchev–Trinajstić information content (AvgIpc) is 2.45. The lowest BCUT2D eigenvalue weighted by Gasteiger charge is -2.11. The number of methoxy groups -OCH3 is 1. The predicted molar refractivity (Wildman–Crippen MR) is 89.2 cm³/mol. The van der Waals surface area contributed by atoms with Crippen molar-refractivity contribution in [2.45, 2.75) is 25.7 Å². The van der Waals surface area contributed by atoms with Gasteiger partial charge in [-0.25, -0.2) is 13.2 Å². The summed E-state index contributed by atoms with van der Waals surface area (Å²) in [7, 11) is -2.52. The van der Waals surface area contributed by atoms with Gasteiger partial charge >= 0.3 is 5.97 Å². The summed E-state index contributed by atoms with van der Waals surface area (Å²) in [6.45, 7) is 5.51. The maximum Gasteiger partial charge on any atom is 0.338 e. The van der Waals surface area contributed by atoms with Gasteiger partial charge in [-0.15, -0.1) is 0 Å². The summed E-state index contributed by atoms with van der Waals surface area (Å²) in [4.78, 5) is 11.7. The van der Waals surface area contributed by atoms with E-state index in [0.29, 0.717) is 11.3 Å². The first-order valence-electron chi connectivity index (χ1n) is 7.03. The van der Waals surface area contributed by atoms with Gasteiger partial charge in [0.1, 0.15) is 0 Å². The number of benzene rings is 2. The van der Waals surface area contributed by atoms with E-state index in [0.717, 1.165) is 11.1 Å². The minimum Gasteiger partial charge on any atom is -0.465 e.